The fourth-order valence-electron chi connectivity index (χ4n) is 4.21. The summed E-state index contributed by atoms with van der Waals surface area (Å²) in [7, 11) is 4.43. The van der Waals surface area contributed by atoms with Gasteiger partial charge in [-0.1, -0.05) is 60.7 Å². The standard InChI is InChI=1S/C27H28N2O6/c1-32-22-16-21(17-23(33-2)26(22)34-3)27(31)35-28-14-15-29(24(30)18-28)25(19-10-6-4-7-11-19)20-12-8-5-9-13-20/h4-13,16-17,25H,14-15,18H2,1-3H3. The Bertz CT molecular complexity index is 1100. The number of carbonyl (C=O) groups excluding carboxylic acids is 2. The topological polar surface area (TPSA) is 77.5 Å². The zero-order chi connectivity index (χ0) is 24.8. The van der Waals surface area contributed by atoms with E-state index < -0.39 is 5.97 Å². The van der Waals surface area contributed by atoms with Gasteiger partial charge in [-0.05, 0) is 23.3 Å². The van der Waals surface area contributed by atoms with E-state index in [-0.39, 0.29) is 24.1 Å². The molecule has 8 nitrogen and oxygen atoms in total. The number of benzene rings is 3. The molecule has 3 aromatic carbocycles. The fourth-order valence-corrected chi connectivity index (χ4v) is 4.21. The Labute approximate surface area is 204 Å². The van der Waals surface area contributed by atoms with E-state index in [9.17, 15) is 9.59 Å². The van der Waals surface area contributed by atoms with Gasteiger partial charge >= 0.3 is 5.97 Å². The first kappa shape index (κ1) is 24.1. The second kappa shape index (κ2) is 10.9. The van der Waals surface area contributed by atoms with Crippen molar-refractivity contribution in [2.75, 3.05) is 41.0 Å². The number of hydrogen-bond acceptors (Lipinski definition) is 7. The molecule has 8 heteroatoms. The van der Waals surface area contributed by atoms with Crippen LogP contribution < -0.4 is 14.2 Å². The summed E-state index contributed by atoms with van der Waals surface area (Å²) in [5.41, 5.74) is 2.27. The molecule has 0 N–H and O–H groups in total. The van der Waals surface area contributed by atoms with Crippen LogP contribution in [0.4, 0.5) is 0 Å². The lowest BCUT2D eigenvalue weighted by molar-refractivity contribution is -0.164. The molecule has 1 fully saturated rings. The highest BCUT2D eigenvalue weighted by Crippen LogP contribution is 2.38. The predicted octanol–water partition coefficient (Wildman–Crippen LogP) is 3.72. The predicted molar refractivity (Wildman–Crippen MR) is 130 cm³/mol. The first-order valence-corrected chi connectivity index (χ1v) is 11.2. The molecular weight excluding hydrogens is 448 g/mol. The summed E-state index contributed by atoms with van der Waals surface area (Å²) < 4.78 is 15.9. The molecule has 0 bridgehead atoms. The molecule has 1 aliphatic rings. The van der Waals surface area contributed by atoms with E-state index in [1.807, 2.05) is 65.6 Å². The Balaban J connectivity index is 1.50. The molecule has 0 saturated carbocycles. The normalized spacial score (nSPS) is 14.1. The highest BCUT2D eigenvalue weighted by molar-refractivity contribution is 5.91. The molecule has 3 aromatic rings. The number of methoxy groups -OCH3 is 3. The molecule has 1 aliphatic heterocycles. The summed E-state index contributed by atoms with van der Waals surface area (Å²) in [6.07, 6.45) is 0. The van der Waals surface area contributed by atoms with Crippen LogP contribution in [0.15, 0.2) is 72.8 Å². The summed E-state index contributed by atoms with van der Waals surface area (Å²) in [4.78, 5) is 33.5. The number of carbonyl (C=O) groups is 2. The van der Waals surface area contributed by atoms with E-state index in [2.05, 4.69) is 0 Å². The van der Waals surface area contributed by atoms with Crippen molar-refractivity contribution in [3.8, 4) is 17.2 Å². The Morgan fingerprint density at radius 2 is 1.34 bits per heavy atom. The van der Waals surface area contributed by atoms with E-state index >= 15 is 0 Å². The number of piperazine rings is 1. The van der Waals surface area contributed by atoms with Crippen molar-refractivity contribution in [3.63, 3.8) is 0 Å². The third-order valence-electron chi connectivity index (χ3n) is 5.88. The van der Waals surface area contributed by atoms with Gasteiger partial charge in [0.15, 0.2) is 11.5 Å². The zero-order valence-electron chi connectivity index (χ0n) is 20.0. The molecule has 0 spiro atoms. The van der Waals surface area contributed by atoms with Crippen LogP contribution in [0.3, 0.4) is 0 Å². The highest BCUT2D eigenvalue weighted by Gasteiger charge is 2.33. The monoisotopic (exact) mass is 476 g/mol. The SMILES string of the molecule is COc1cc(C(=O)ON2CCN(C(c3ccccc3)c3ccccc3)C(=O)C2)cc(OC)c1OC. The summed E-state index contributed by atoms with van der Waals surface area (Å²) in [6, 6.07) is 22.6. The fraction of sp³-hybridized carbons (Fsp3) is 0.259. The maximum Gasteiger partial charge on any atom is 0.357 e. The molecule has 182 valence electrons. The lowest BCUT2D eigenvalue weighted by Crippen LogP contribution is -2.52. The van der Waals surface area contributed by atoms with Crippen molar-refractivity contribution in [2.45, 2.75) is 6.04 Å². The zero-order valence-corrected chi connectivity index (χ0v) is 20.0. The highest BCUT2D eigenvalue weighted by atomic mass is 16.7. The van der Waals surface area contributed by atoms with Crippen molar-refractivity contribution in [1.82, 2.24) is 9.96 Å². The Kier molecular flexibility index (Phi) is 7.52. The first-order valence-electron chi connectivity index (χ1n) is 11.2. The lowest BCUT2D eigenvalue weighted by Gasteiger charge is -2.38. The van der Waals surface area contributed by atoms with Crippen LogP contribution >= 0.6 is 0 Å². The van der Waals surface area contributed by atoms with Crippen molar-refractivity contribution < 1.29 is 28.6 Å². The van der Waals surface area contributed by atoms with Crippen LogP contribution in [0.1, 0.15) is 27.5 Å². The van der Waals surface area contributed by atoms with Gasteiger partial charge in [-0.2, -0.15) is 0 Å². The average Bonchev–Trinajstić information content (AvgIpc) is 2.90. The molecular formula is C27H28N2O6. The molecule has 4 rings (SSSR count). The number of nitrogens with zero attached hydrogens (tertiary/aromatic N) is 2. The average molecular weight is 477 g/mol. The van der Waals surface area contributed by atoms with Crippen molar-refractivity contribution in [2.24, 2.45) is 0 Å². The van der Waals surface area contributed by atoms with Gasteiger partial charge in [-0.25, -0.2) is 4.79 Å². The molecule has 0 atom stereocenters. The van der Waals surface area contributed by atoms with Gasteiger partial charge < -0.3 is 23.9 Å². The number of hydrogen-bond donors (Lipinski definition) is 0. The smallest absolute Gasteiger partial charge is 0.357 e. The molecule has 35 heavy (non-hydrogen) atoms. The van der Waals surface area contributed by atoms with E-state index in [0.717, 1.165) is 11.1 Å². The number of amides is 1. The van der Waals surface area contributed by atoms with Gasteiger partial charge in [0.25, 0.3) is 0 Å². The summed E-state index contributed by atoms with van der Waals surface area (Å²) in [5.74, 6) is 0.310. The summed E-state index contributed by atoms with van der Waals surface area (Å²) in [5, 5.41) is 1.39. The molecule has 0 aliphatic carbocycles. The van der Waals surface area contributed by atoms with Crippen LogP contribution in [0.25, 0.3) is 0 Å². The second-order valence-electron chi connectivity index (χ2n) is 7.97. The molecule has 0 aromatic heterocycles. The van der Waals surface area contributed by atoms with E-state index in [0.29, 0.717) is 30.3 Å². The molecule has 1 heterocycles. The van der Waals surface area contributed by atoms with Crippen molar-refractivity contribution >= 4 is 11.9 Å². The Morgan fingerprint density at radius 3 is 1.80 bits per heavy atom. The van der Waals surface area contributed by atoms with Gasteiger partial charge in [-0.15, -0.1) is 5.06 Å². The van der Waals surface area contributed by atoms with Crippen LogP contribution in [0.5, 0.6) is 17.2 Å². The molecule has 0 radical (unpaired) electrons. The number of ether oxygens (including phenoxy) is 3. The van der Waals surface area contributed by atoms with Crippen LogP contribution in [-0.4, -0.2) is 62.8 Å². The first-order chi connectivity index (χ1) is 17.0. The van der Waals surface area contributed by atoms with Gasteiger partial charge in [0.2, 0.25) is 11.7 Å². The van der Waals surface area contributed by atoms with Crippen molar-refractivity contribution in [1.29, 1.82) is 0 Å². The van der Waals surface area contributed by atoms with E-state index in [1.54, 1.807) is 0 Å². The minimum absolute atomic E-state index is 0.0493. The molecule has 0 unspecified atom stereocenters. The maximum absolute atomic E-state index is 13.2. The minimum Gasteiger partial charge on any atom is -0.493 e. The van der Waals surface area contributed by atoms with Gasteiger partial charge in [0.05, 0.1) is 39.5 Å². The Morgan fingerprint density at radius 1 is 0.800 bits per heavy atom. The summed E-state index contributed by atoms with van der Waals surface area (Å²) >= 11 is 0. The van der Waals surface area contributed by atoms with Crippen LogP contribution in [0, 0.1) is 0 Å². The van der Waals surface area contributed by atoms with Gasteiger partial charge in [-0.3, -0.25) is 4.79 Å². The van der Waals surface area contributed by atoms with Crippen molar-refractivity contribution in [3.05, 3.63) is 89.5 Å². The van der Waals surface area contributed by atoms with Gasteiger partial charge in [0.1, 0.15) is 6.54 Å². The largest absolute Gasteiger partial charge is 0.493 e. The van der Waals surface area contributed by atoms with Crippen LogP contribution in [-0.2, 0) is 9.63 Å². The molecule has 1 saturated heterocycles. The van der Waals surface area contributed by atoms with E-state index in [4.69, 9.17) is 19.0 Å². The second-order valence-corrected chi connectivity index (χ2v) is 7.97. The lowest BCUT2D eigenvalue weighted by atomic mass is 9.96. The number of hydroxylamine groups is 2. The number of rotatable bonds is 8. The Hall–Kier alpha value is -4.04. The van der Waals surface area contributed by atoms with Gasteiger partial charge in [0, 0.05) is 6.54 Å². The van der Waals surface area contributed by atoms with E-state index in [1.165, 1.54) is 38.5 Å². The molecule has 1 amide bonds. The third-order valence-corrected chi connectivity index (χ3v) is 5.88. The summed E-state index contributed by atoms with van der Waals surface area (Å²) in [6.45, 7) is 0.722. The maximum atomic E-state index is 13.2. The van der Waals surface area contributed by atoms with Crippen LogP contribution in [0.2, 0.25) is 0 Å². The third kappa shape index (κ3) is 5.22. The quantitative estimate of drug-likeness (QED) is 0.490. The minimum atomic E-state index is -0.617.